The highest BCUT2D eigenvalue weighted by molar-refractivity contribution is 7.91. The molecule has 0 saturated carbocycles. The molecule has 0 fully saturated rings. The zero-order valence-electron chi connectivity index (χ0n) is 17.9. The Hall–Kier alpha value is -3.41. The standard InChI is InChI=1S/C22H20N2O8S/c1-3-9-31-23-19(25)15-7-5-13(11-17(15)21(23)27)33(29,30)14-6-8-16-18(12-14)22(28)24(20(16)26)32-10-4-2/h5-8,11-12H,3-4,9-10H2,1-2H3. The van der Waals surface area contributed by atoms with Crippen molar-refractivity contribution in [2.24, 2.45) is 0 Å². The molecule has 2 aromatic rings. The van der Waals surface area contributed by atoms with Crippen molar-refractivity contribution in [3.63, 3.8) is 0 Å². The quantitative estimate of drug-likeness (QED) is 0.536. The van der Waals surface area contributed by atoms with Gasteiger partial charge in [0.15, 0.2) is 0 Å². The third-order valence-electron chi connectivity index (χ3n) is 5.11. The summed E-state index contributed by atoms with van der Waals surface area (Å²) >= 11 is 0. The molecule has 4 amide bonds. The van der Waals surface area contributed by atoms with Crippen LogP contribution in [-0.4, -0.2) is 55.4 Å². The first-order valence-corrected chi connectivity index (χ1v) is 11.8. The summed E-state index contributed by atoms with van der Waals surface area (Å²) in [5.41, 5.74) is -0.116. The second-order valence-corrected chi connectivity index (χ2v) is 9.34. The van der Waals surface area contributed by atoms with Gasteiger partial charge in [0, 0.05) is 0 Å². The maximum Gasteiger partial charge on any atom is 0.285 e. The number of nitrogens with zero attached hydrogens (tertiary/aromatic N) is 2. The van der Waals surface area contributed by atoms with Crippen molar-refractivity contribution >= 4 is 33.5 Å². The highest BCUT2D eigenvalue weighted by Gasteiger charge is 2.40. The fraction of sp³-hybridized carbons (Fsp3) is 0.273. The van der Waals surface area contributed by atoms with Crippen molar-refractivity contribution in [3.05, 3.63) is 58.7 Å². The smallest absolute Gasteiger partial charge is 0.266 e. The first-order chi connectivity index (χ1) is 15.7. The van der Waals surface area contributed by atoms with Crippen LogP contribution in [0.2, 0.25) is 0 Å². The van der Waals surface area contributed by atoms with Crippen molar-refractivity contribution in [2.75, 3.05) is 13.2 Å². The molecule has 0 spiro atoms. The van der Waals surface area contributed by atoms with Gasteiger partial charge < -0.3 is 0 Å². The lowest BCUT2D eigenvalue weighted by Crippen LogP contribution is -2.30. The molecule has 10 nitrogen and oxygen atoms in total. The van der Waals surface area contributed by atoms with Crippen LogP contribution < -0.4 is 0 Å². The van der Waals surface area contributed by atoms with Crippen LogP contribution in [0.5, 0.6) is 0 Å². The zero-order valence-corrected chi connectivity index (χ0v) is 18.7. The van der Waals surface area contributed by atoms with Gasteiger partial charge in [0.25, 0.3) is 23.6 Å². The highest BCUT2D eigenvalue weighted by atomic mass is 32.2. The normalized spacial score (nSPS) is 15.5. The summed E-state index contributed by atoms with van der Waals surface area (Å²) in [6.07, 6.45) is 1.15. The molecular weight excluding hydrogens is 452 g/mol. The lowest BCUT2D eigenvalue weighted by Gasteiger charge is -2.11. The number of carbonyl (C=O) groups excluding carboxylic acids is 4. The number of sulfone groups is 1. The number of imide groups is 2. The predicted octanol–water partition coefficient (Wildman–Crippen LogP) is 2.39. The van der Waals surface area contributed by atoms with E-state index in [1.165, 1.54) is 24.3 Å². The van der Waals surface area contributed by atoms with E-state index in [4.69, 9.17) is 9.68 Å². The fourth-order valence-corrected chi connectivity index (χ4v) is 4.78. The summed E-state index contributed by atoms with van der Waals surface area (Å²) in [5.74, 6) is -2.83. The van der Waals surface area contributed by atoms with Crippen LogP contribution in [0.1, 0.15) is 68.1 Å². The molecule has 0 radical (unpaired) electrons. The Bertz CT molecular complexity index is 1210. The predicted molar refractivity (Wildman–Crippen MR) is 112 cm³/mol. The molecule has 0 saturated heterocycles. The van der Waals surface area contributed by atoms with Crippen LogP contribution in [0.15, 0.2) is 46.2 Å². The van der Waals surface area contributed by atoms with Gasteiger partial charge in [-0.2, -0.15) is 0 Å². The van der Waals surface area contributed by atoms with E-state index in [9.17, 15) is 27.6 Å². The average Bonchev–Trinajstić information content (AvgIpc) is 3.20. The van der Waals surface area contributed by atoms with Crippen molar-refractivity contribution in [1.29, 1.82) is 0 Å². The zero-order chi connectivity index (χ0) is 23.9. The number of hydroxylamine groups is 4. The molecule has 11 heteroatoms. The van der Waals surface area contributed by atoms with Crippen LogP contribution in [0, 0.1) is 0 Å². The van der Waals surface area contributed by atoms with Crippen molar-refractivity contribution in [3.8, 4) is 0 Å². The number of carbonyl (C=O) groups is 4. The molecule has 33 heavy (non-hydrogen) atoms. The van der Waals surface area contributed by atoms with Gasteiger partial charge in [0.2, 0.25) is 9.84 Å². The van der Waals surface area contributed by atoms with Crippen LogP contribution in [0.25, 0.3) is 0 Å². The second kappa shape index (κ2) is 8.50. The maximum absolute atomic E-state index is 13.2. The molecule has 0 unspecified atom stereocenters. The van der Waals surface area contributed by atoms with Crippen LogP contribution in [0.3, 0.4) is 0 Å². The Balaban J connectivity index is 1.68. The Morgan fingerprint density at radius 1 is 0.636 bits per heavy atom. The van der Waals surface area contributed by atoms with Gasteiger partial charge in [-0.05, 0) is 49.2 Å². The van der Waals surface area contributed by atoms with Gasteiger partial charge in [-0.15, -0.1) is 10.1 Å². The minimum absolute atomic E-state index is 0.0356. The lowest BCUT2D eigenvalue weighted by atomic mass is 10.1. The van der Waals surface area contributed by atoms with Gasteiger partial charge in [-0.3, -0.25) is 28.9 Å². The molecule has 0 atom stereocenters. The van der Waals surface area contributed by atoms with Crippen LogP contribution in [-0.2, 0) is 19.5 Å². The third-order valence-corrected chi connectivity index (χ3v) is 6.86. The van der Waals surface area contributed by atoms with E-state index in [-0.39, 0.29) is 45.3 Å². The number of benzene rings is 2. The Morgan fingerprint density at radius 2 is 1.00 bits per heavy atom. The minimum atomic E-state index is -4.18. The average molecular weight is 472 g/mol. The van der Waals surface area contributed by atoms with Crippen molar-refractivity contribution < 1.29 is 37.3 Å². The number of fused-ring (bicyclic) bond motifs is 2. The number of amides is 4. The molecule has 172 valence electrons. The topological polar surface area (TPSA) is 127 Å². The van der Waals surface area contributed by atoms with E-state index in [1.54, 1.807) is 0 Å². The number of hydrogen-bond donors (Lipinski definition) is 0. The summed E-state index contributed by atoms with van der Waals surface area (Å²) in [6, 6.07) is 7.13. The van der Waals surface area contributed by atoms with Gasteiger partial charge in [0.05, 0.1) is 45.3 Å². The number of rotatable bonds is 8. The van der Waals surface area contributed by atoms with Crippen LogP contribution in [0.4, 0.5) is 0 Å². The van der Waals surface area contributed by atoms with Gasteiger partial charge in [0.1, 0.15) is 0 Å². The SMILES string of the molecule is CCCON1C(=O)c2ccc(S(=O)(=O)c3ccc4c(c3)C(=O)N(OCCC)C4=O)cc2C1=O. The molecule has 2 heterocycles. The molecular formula is C22H20N2O8S. The second-order valence-electron chi connectivity index (χ2n) is 7.39. The van der Waals surface area contributed by atoms with Gasteiger partial charge >= 0.3 is 0 Å². The third kappa shape index (κ3) is 3.63. The molecule has 0 aliphatic carbocycles. The summed E-state index contributed by atoms with van der Waals surface area (Å²) in [5, 5.41) is 1.24. The van der Waals surface area contributed by atoms with E-state index in [1.807, 2.05) is 13.8 Å². The highest BCUT2D eigenvalue weighted by Crippen LogP contribution is 2.31. The Morgan fingerprint density at radius 3 is 1.36 bits per heavy atom. The Labute approximate surface area is 189 Å². The van der Waals surface area contributed by atoms with Crippen molar-refractivity contribution in [1.82, 2.24) is 10.1 Å². The fourth-order valence-electron chi connectivity index (χ4n) is 3.47. The molecule has 2 aromatic carbocycles. The number of hydrogen-bond acceptors (Lipinski definition) is 8. The van der Waals surface area contributed by atoms with E-state index in [0.717, 1.165) is 12.1 Å². The minimum Gasteiger partial charge on any atom is -0.266 e. The summed E-state index contributed by atoms with van der Waals surface area (Å²) < 4.78 is 26.5. The molecule has 0 bridgehead atoms. The first-order valence-electron chi connectivity index (χ1n) is 10.3. The monoisotopic (exact) mass is 472 g/mol. The van der Waals surface area contributed by atoms with Gasteiger partial charge in [-0.1, -0.05) is 13.8 Å². The van der Waals surface area contributed by atoms with Crippen LogP contribution >= 0.6 is 0 Å². The maximum atomic E-state index is 13.2. The molecule has 2 aliphatic heterocycles. The Kier molecular flexibility index (Phi) is 5.87. The summed E-state index contributed by atoms with van der Waals surface area (Å²) in [4.78, 5) is 59.8. The molecule has 4 rings (SSSR count). The van der Waals surface area contributed by atoms with E-state index in [0.29, 0.717) is 23.0 Å². The molecule has 2 aliphatic rings. The van der Waals surface area contributed by atoms with E-state index >= 15 is 0 Å². The van der Waals surface area contributed by atoms with E-state index in [2.05, 4.69) is 0 Å². The molecule has 0 N–H and O–H groups in total. The summed E-state index contributed by atoms with van der Waals surface area (Å²) in [7, 11) is -4.18. The molecule has 0 aromatic heterocycles. The van der Waals surface area contributed by atoms with Crippen molar-refractivity contribution in [2.45, 2.75) is 36.5 Å². The van der Waals surface area contributed by atoms with E-state index < -0.39 is 33.5 Å². The summed E-state index contributed by atoms with van der Waals surface area (Å²) in [6.45, 7) is 3.93. The largest absolute Gasteiger partial charge is 0.285 e. The lowest BCUT2D eigenvalue weighted by molar-refractivity contribution is -0.0912. The first kappa shape index (κ1) is 22.8. The van der Waals surface area contributed by atoms with Gasteiger partial charge in [-0.25, -0.2) is 8.42 Å².